The first-order chi connectivity index (χ1) is 66.2. The molecule has 1 unspecified atom stereocenters. The third-order valence-corrected chi connectivity index (χ3v) is 23.8. The van der Waals surface area contributed by atoms with Crippen LogP contribution in [0.25, 0.3) is 132 Å². The zero-order valence-corrected chi connectivity index (χ0v) is 74.2. The van der Waals surface area contributed by atoms with Gasteiger partial charge in [-0.25, -0.2) is 40.4 Å². The molecule has 0 saturated carbocycles. The minimum Gasteiger partial charge on any atom is -0.493 e. The summed E-state index contributed by atoms with van der Waals surface area (Å²) in [6.07, 6.45) is 28.7. The van der Waals surface area contributed by atoms with Crippen LogP contribution < -0.4 is 0 Å². The first-order valence-corrected chi connectivity index (χ1v) is 44.1. The lowest BCUT2D eigenvalue weighted by Gasteiger charge is -2.39. The fourth-order valence-electron chi connectivity index (χ4n) is 17.6. The van der Waals surface area contributed by atoms with E-state index in [1.54, 1.807) is 18.2 Å². The lowest BCUT2D eigenvalue weighted by Crippen LogP contribution is -2.34. The van der Waals surface area contributed by atoms with Crippen molar-refractivity contribution in [2.75, 3.05) is 6.61 Å². The molecule has 0 saturated heterocycles. The summed E-state index contributed by atoms with van der Waals surface area (Å²) in [5, 5.41) is 44.7. The number of para-hydroxylation sites is 6. The third kappa shape index (κ3) is 19.4. The van der Waals surface area contributed by atoms with Gasteiger partial charge in [-0.15, -0.1) is 0 Å². The van der Waals surface area contributed by atoms with Crippen LogP contribution in [0.3, 0.4) is 0 Å². The zero-order chi connectivity index (χ0) is 93.2. The van der Waals surface area contributed by atoms with Gasteiger partial charge in [0.15, 0.2) is 5.60 Å². The van der Waals surface area contributed by atoms with Crippen LogP contribution in [0, 0.1) is 71.6 Å². The maximum atomic E-state index is 9.68. The van der Waals surface area contributed by atoms with Gasteiger partial charge < -0.3 is 37.2 Å². The number of hydrogen-bond acceptors (Lipinski definition) is 8. The molecule has 12 aromatic carbocycles. The number of rotatable bonds is 14. The molecule has 1 atom stereocenters. The fraction of sp³-hybridized carbons (Fsp3) is 0.0924. The summed E-state index contributed by atoms with van der Waals surface area (Å²) in [5.41, 5.74) is 19.5. The molecule has 0 N–H and O–H groups in total. The van der Waals surface area contributed by atoms with E-state index in [-0.39, 0.29) is 28.9 Å². The van der Waals surface area contributed by atoms with Gasteiger partial charge in [-0.1, -0.05) is 243 Å². The van der Waals surface area contributed by atoms with Gasteiger partial charge >= 0.3 is 0 Å². The summed E-state index contributed by atoms with van der Waals surface area (Å²) in [5.74, 6) is 2.56. The summed E-state index contributed by atoms with van der Waals surface area (Å²) in [6, 6.07) is 116. The van der Waals surface area contributed by atoms with E-state index in [0.29, 0.717) is 60.9 Å². The van der Waals surface area contributed by atoms with Crippen molar-refractivity contribution >= 4 is 89.7 Å². The Morgan fingerprint density at radius 2 is 0.637 bits per heavy atom. The number of hydrogen-bond donors (Lipinski definition) is 0. The third-order valence-electron chi connectivity index (χ3n) is 23.8. The van der Waals surface area contributed by atoms with Gasteiger partial charge in [0.2, 0.25) is 0 Å². The Morgan fingerprint density at radius 3 is 1.01 bits per heavy atom. The van der Waals surface area contributed by atoms with E-state index in [2.05, 4.69) is 274 Å². The Balaban J connectivity index is 0.000000125. The number of nitrogens with zero attached hydrogens (tertiary/aromatic N) is 12. The molecule has 0 aliphatic carbocycles. The van der Waals surface area contributed by atoms with Gasteiger partial charge in [0, 0.05) is 97.8 Å². The smallest absolute Gasteiger partial charge is 0.265 e. The molecule has 20 rings (SSSR count). The average Bonchev–Trinajstić information content (AvgIpc) is 1.59. The van der Waals surface area contributed by atoms with Gasteiger partial charge in [0.25, 0.3) is 22.8 Å². The van der Waals surface area contributed by atoms with Crippen molar-refractivity contribution in [2.45, 2.75) is 63.8 Å². The molecule has 0 spiro atoms. The minimum atomic E-state index is -0.864. The van der Waals surface area contributed by atoms with Crippen molar-refractivity contribution < 1.29 is 18.9 Å². The molecular weight excluding hydrogens is 1660 g/mol. The topological polar surface area (TPSA) is 169 Å². The Bertz CT molecular complexity index is 7780. The van der Waals surface area contributed by atoms with Gasteiger partial charge in [0.1, 0.15) is 28.6 Å². The number of benzene rings is 12. The van der Waals surface area contributed by atoms with Gasteiger partial charge in [0.05, 0.1) is 96.4 Å². The number of allylic oxidation sites excluding steroid dienone is 12. The fourth-order valence-corrected chi connectivity index (χ4v) is 17.6. The molecule has 16 aromatic rings. The lowest BCUT2D eigenvalue weighted by atomic mass is 9.79. The van der Waals surface area contributed by atoms with Crippen molar-refractivity contribution in [1.29, 1.82) is 21.0 Å². The van der Waals surface area contributed by atoms with Crippen molar-refractivity contribution in [3.8, 4) is 47.0 Å². The van der Waals surface area contributed by atoms with Crippen LogP contribution >= 0.6 is 0 Å². The summed E-state index contributed by atoms with van der Waals surface area (Å²) in [6.45, 7) is 35.5. The van der Waals surface area contributed by atoms with Crippen LogP contribution in [0.2, 0.25) is 0 Å². The van der Waals surface area contributed by atoms with E-state index in [9.17, 15) is 15.8 Å². The highest BCUT2D eigenvalue weighted by Gasteiger charge is 2.41. The molecule has 8 heterocycles. The second-order valence-electron chi connectivity index (χ2n) is 33.1. The molecule has 16 nitrogen and oxygen atoms in total. The number of fused-ring (bicyclic) bond motifs is 9. The molecule has 16 heteroatoms. The Kier molecular flexibility index (Phi) is 26.4. The molecule has 0 amide bonds. The monoisotopic (exact) mass is 1750 g/mol. The first kappa shape index (κ1) is 88.4. The molecule has 0 radical (unpaired) electrons. The highest BCUT2D eigenvalue weighted by molar-refractivity contribution is 6.11. The predicted octanol–water partition coefficient (Wildman–Crippen LogP) is 29.0. The molecule has 646 valence electrons. The molecule has 0 bridgehead atoms. The Hall–Kier alpha value is -18.7. The van der Waals surface area contributed by atoms with Gasteiger partial charge in [-0.2, -0.15) is 0 Å². The maximum Gasteiger partial charge on any atom is 0.265 e. The van der Waals surface area contributed by atoms with E-state index in [1.165, 1.54) is 65.4 Å². The first-order valence-electron chi connectivity index (χ1n) is 44.1. The molecule has 0 fully saturated rings. The second-order valence-corrected chi connectivity index (χ2v) is 33.1. The predicted molar refractivity (Wildman–Crippen MR) is 538 cm³/mol. The Morgan fingerprint density at radius 1 is 0.333 bits per heavy atom. The van der Waals surface area contributed by atoms with Crippen molar-refractivity contribution in [3.63, 3.8) is 0 Å². The summed E-state index contributed by atoms with van der Waals surface area (Å²) in [7, 11) is 0. The van der Waals surface area contributed by atoms with Crippen LogP contribution in [-0.4, -0.2) is 36.6 Å². The van der Waals surface area contributed by atoms with Crippen LogP contribution in [-0.2, 0) is 24.5 Å². The molecular formula is C119H86N12O4. The van der Waals surface area contributed by atoms with Crippen LogP contribution in [0.1, 0.15) is 79.8 Å². The van der Waals surface area contributed by atoms with E-state index < -0.39 is 11.2 Å². The minimum absolute atomic E-state index is 0.0765. The second kappa shape index (κ2) is 40.3. The molecule has 4 aromatic heterocycles. The van der Waals surface area contributed by atoms with E-state index >= 15 is 0 Å². The molecule has 4 aliphatic rings. The molecule has 135 heavy (non-hydrogen) atoms. The largest absolute Gasteiger partial charge is 0.493 e. The van der Waals surface area contributed by atoms with E-state index in [1.807, 2.05) is 191 Å². The van der Waals surface area contributed by atoms with Gasteiger partial charge in [-0.05, 0) is 217 Å². The number of nitriles is 4. The summed E-state index contributed by atoms with van der Waals surface area (Å²) >= 11 is 0. The van der Waals surface area contributed by atoms with Crippen molar-refractivity contribution in [1.82, 2.24) is 18.3 Å². The normalized spacial score (nSPS) is 16.3. The van der Waals surface area contributed by atoms with Crippen LogP contribution in [0.15, 0.2) is 445 Å². The van der Waals surface area contributed by atoms with E-state index in [4.69, 9.17) is 50.5 Å². The maximum absolute atomic E-state index is 9.68. The standard InChI is InChI=1S/C32H23N3O.C30H23N3O.C29H21N3O.C28H19N3O/c1-34-31(24-33)26-22-30(19-16-25-14-17-29(18-15-25)35-20-8-9-21-35)36-32(23-26,27-10-4-2-5-11-27)28-12-6-3-7-13-28;1-30(2)19-22(27(20-31)32-3)18-24(34-30)17-14-21-12-15-23(16-13-21)33-28-10-6-4-8-25(28)26-9-5-7-11-29(26)33;1-20-17-22(27(19-30)31-2)18-24(33-20)16-13-21-11-14-23(15-12-21)32-28-9-5-3-7-25(28)26-8-4-6-10-29(26)32;1-30-26(19-29)21-16-17-32-23(18-21)15-12-20-10-13-22(14-11-20)31-27-8-4-2-6-24(27)25-7-3-5-9-28(25)31/h2-22H,23H2;4-18H,19H2,1-2H3;3-16,18,20H,17H2,1H3;2-15,18H,16-17H2/b19-16+,31-26+;17-14+,27-22+;16-13+,27-22-;15-12+,26-21-. The quantitative estimate of drug-likeness (QED) is 0.0765. The van der Waals surface area contributed by atoms with Crippen molar-refractivity contribution in [3.05, 3.63) is 524 Å². The zero-order valence-electron chi connectivity index (χ0n) is 74.2. The highest BCUT2D eigenvalue weighted by atomic mass is 16.5. The van der Waals surface area contributed by atoms with E-state index in [0.717, 1.165) is 72.8 Å². The Labute approximate surface area is 784 Å². The lowest BCUT2D eigenvalue weighted by molar-refractivity contribution is 0.0347. The number of ether oxygens (including phenoxy) is 4. The van der Waals surface area contributed by atoms with Crippen LogP contribution in [0.4, 0.5) is 0 Å². The highest BCUT2D eigenvalue weighted by Crippen LogP contribution is 2.47. The summed E-state index contributed by atoms with van der Waals surface area (Å²) < 4.78 is 33.3. The summed E-state index contributed by atoms with van der Waals surface area (Å²) in [4.78, 5) is 13.5. The molecule has 4 aliphatic heterocycles. The van der Waals surface area contributed by atoms with Crippen molar-refractivity contribution in [2.24, 2.45) is 0 Å². The average molecular weight is 1750 g/mol. The van der Waals surface area contributed by atoms with Gasteiger partial charge in [-0.3, -0.25) is 0 Å². The van der Waals surface area contributed by atoms with Crippen LogP contribution in [0.5, 0.6) is 0 Å². The number of aromatic nitrogens is 4. The SMILES string of the molecule is [C-]#[N+]/C(C#N)=C1C=C(/C=C/c2ccc(-n3c4ccccc4c4ccccc43)cc2)OC(C)(C)C\1.[C-]#[N+]/C(C#N)=C1C=C(/C=C/c2ccc(-n3c4ccccc4c4ccccc43)cc2)OC(C)C\1.[C-]#[N+]/C(C#N)=C1C=C(/C=C/c2ccc(-n3c4ccccc4c4ccccc43)cc2)OCC\1.[C-]#[N+]/C(C#N)=C1C=C(/C=C/c2ccc(-n3cccc3)cc2)OC(c2ccccc2)(c2ccccc2)C\1.